The molecule has 6 rings (SSSR count). The summed E-state index contributed by atoms with van der Waals surface area (Å²) in [6.07, 6.45) is 7.31. The molecule has 0 spiro atoms. The molecule has 0 bridgehead atoms. The van der Waals surface area contributed by atoms with Crippen molar-refractivity contribution in [2.75, 3.05) is 11.9 Å². The second kappa shape index (κ2) is 9.50. The molecule has 0 unspecified atom stereocenters. The van der Waals surface area contributed by atoms with Gasteiger partial charge in [-0.05, 0) is 48.7 Å². The lowest BCUT2D eigenvalue weighted by molar-refractivity contribution is 0.206. The molecule has 0 fully saturated rings. The predicted molar refractivity (Wildman–Crippen MR) is 147 cm³/mol. The van der Waals surface area contributed by atoms with Crippen LogP contribution in [0.25, 0.3) is 28.3 Å². The highest BCUT2D eigenvalue weighted by molar-refractivity contribution is 5.89. The molecule has 0 aliphatic carbocycles. The summed E-state index contributed by atoms with van der Waals surface area (Å²) in [6.45, 7) is 5.25. The van der Waals surface area contributed by atoms with Crippen molar-refractivity contribution >= 4 is 17.4 Å². The van der Waals surface area contributed by atoms with Crippen molar-refractivity contribution in [1.29, 1.82) is 0 Å². The summed E-state index contributed by atoms with van der Waals surface area (Å²) < 4.78 is 1.98. The molecule has 2 aromatic carbocycles. The molecule has 0 saturated heterocycles. The number of rotatable bonds is 4. The Morgan fingerprint density at radius 1 is 1.08 bits per heavy atom. The number of nitrogens with zero attached hydrogens (tertiary/aromatic N) is 5. The van der Waals surface area contributed by atoms with Gasteiger partial charge in [0.2, 0.25) is 0 Å². The third kappa shape index (κ3) is 4.44. The molecular formula is C30H30N6O. The number of aryl methyl sites for hydroxylation is 2. The zero-order valence-electron chi connectivity index (χ0n) is 21.0. The quantitative estimate of drug-likeness (QED) is 0.327. The van der Waals surface area contributed by atoms with Gasteiger partial charge >= 0.3 is 6.03 Å². The largest absolute Gasteiger partial charge is 0.322 e. The van der Waals surface area contributed by atoms with Crippen LogP contribution in [0.1, 0.15) is 30.7 Å². The zero-order valence-corrected chi connectivity index (χ0v) is 21.0. The molecule has 4 heterocycles. The van der Waals surface area contributed by atoms with Gasteiger partial charge in [0.05, 0.1) is 17.9 Å². The third-order valence-corrected chi connectivity index (χ3v) is 6.98. The van der Waals surface area contributed by atoms with Gasteiger partial charge in [0, 0.05) is 55.4 Å². The number of hydrogen-bond acceptors (Lipinski definition) is 4. The van der Waals surface area contributed by atoms with Crippen molar-refractivity contribution in [3.8, 4) is 22.6 Å². The summed E-state index contributed by atoms with van der Waals surface area (Å²) in [4.78, 5) is 29.5. The first-order chi connectivity index (χ1) is 18.1. The lowest BCUT2D eigenvalue weighted by atomic mass is 9.96. The number of fused-ring (bicyclic) bond motifs is 2. The van der Waals surface area contributed by atoms with Gasteiger partial charge in [-0.1, -0.05) is 43.3 Å². The Balaban J connectivity index is 0.00000294. The Kier molecular flexibility index (Phi) is 5.88. The number of anilines is 1. The second-order valence-corrected chi connectivity index (χ2v) is 9.40. The van der Waals surface area contributed by atoms with Crippen LogP contribution in [0.5, 0.6) is 0 Å². The van der Waals surface area contributed by atoms with E-state index in [4.69, 9.17) is 9.97 Å². The highest BCUT2D eigenvalue weighted by Gasteiger charge is 2.27. The maximum absolute atomic E-state index is 13.2. The molecule has 0 atom stereocenters. The van der Waals surface area contributed by atoms with Crippen LogP contribution in [-0.2, 0) is 19.4 Å². The van der Waals surface area contributed by atoms with Crippen LogP contribution in [-0.4, -0.2) is 36.8 Å². The summed E-state index contributed by atoms with van der Waals surface area (Å²) >= 11 is 0. The molecule has 7 heteroatoms. The van der Waals surface area contributed by atoms with Crippen molar-refractivity contribution in [3.63, 3.8) is 0 Å². The van der Waals surface area contributed by atoms with Gasteiger partial charge in [-0.15, -0.1) is 0 Å². The molecule has 1 aliphatic rings. The number of benzene rings is 2. The van der Waals surface area contributed by atoms with E-state index in [0.29, 0.717) is 25.3 Å². The molecule has 1 N–H and O–H groups in total. The summed E-state index contributed by atoms with van der Waals surface area (Å²) in [7, 11) is 0. The number of nitrogens with one attached hydrogen (secondary N) is 1. The molecule has 37 heavy (non-hydrogen) atoms. The second-order valence-electron chi connectivity index (χ2n) is 9.40. The van der Waals surface area contributed by atoms with Gasteiger partial charge in [-0.2, -0.15) is 0 Å². The Morgan fingerprint density at radius 2 is 1.97 bits per heavy atom. The third-order valence-electron chi connectivity index (χ3n) is 6.98. The van der Waals surface area contributed by atoms with Crippen LogP contribution in [0.2, 0.25) is 0 Å². The van der Waals surface area contributed by atoms with Crippen LogP contribution in [0.15, 0.2) is 79.3 Å². The number of imidazole rings is 1. The predicted octanol–water partition coefficient (Wildman–Crippen LogP) is 6.17. The summed E-state index contributed by atoms with van der Waals surface area (Å²) in [5.41, 5.74) is 8.90. The lowest BCUT2D eigenvalue weighted by Crippen LogP contribution is -2.39. The fourth-order valence-electron chi connectivity index (χ4n) is 4.90. The minimum Gasteiger partial charge on any atom is -0.320 e. The van der Waals surface area contributed by atoms with Crippen molar-refractivity contribution in [2.45, 2.75) is 33.2 Å². The van der Waals surface area contributed by atoms with Gasteiger partial charge in [-0.25, -0.2) is 19.7 Å². The van der Waals surface area contributed by atoms with Crippen molar-refractivity contribution in [2.24, 2.45) is 0 Å². The van der Waals surface area contributed by atoms with Crippen LogP contribution >= 0.6 is 0 Å². The minimum atomic E-state index is -0.107. The fourth-order valence-corrected chi connectivity index (χ4v) is 4.90. The topological polar surface area (TPSA) is 75.4 Å². The van der Waals surface area contributed by atoms with E-state index < -0.39 is 0 Å². The number of carbonyl (C=O) groups is 1. The Hall–Kier alpha value is -4.52. The van der Waals surface area contributed by atoms with Gasteiger partial charge < -0.3 is 14.6 Å². The van der Waals surface area contributed by atoms with E-state index in [1.165, 1.54) is 5.56 Å². The van der Waals surface area contributed by atoms with Gasteiger partial charge in [0.15, 0.2) is 5.82 Å². The average Bonchev–Trinajstić information content (AvgIpc) is 3.41. The normalized spacial score (nSPS) is 13.0. The molecule has 5 aromatic rings. The monoisotopic (exact) mass is 490 g/mol. The first-order valence-corrected chi connectivity index (χ1v) is 12.6. The molecule has 186 valence electrons. The highest BCUT2D eigenvalue weighted by Crippen LogP contribution is 2.32. The first-order valence-electron chi connectivity index (χ1n) is 12.6. The highest BCUT2D eigenvalue weighted by atomic mass is 16.2. The summed E-state index contributed by atoms with van der Waals surface area (Å²) in [5, 5.41) is 3.08. The molecule has 7 nitrogen and oxygen atoms in total. The SMILES string of the molecule is CCc1cccc(NC(=O)N2CCc3nc(-c4ccc5nccn5c4)nc(-c4ccccc4C)c3C2)c1.[HH]. The molecule has 0 saturated carbocycles. The van der Waals surface area contributed by atoms with Crippen molar-refractivity contribution in [1.82, 2.24) is 24.3 Å². The number of carbonyl (C=O) groups excluding carboxylic acids is 1. The smallest absolute Gasteiger partial charge is 0.320 e. The zero-order chi connectivity index (χ0) is 25.4. The molecule has 1 aliphatic heterocycles. The van der Waals surface area contributed by atoms with Gasteiger partial charge in [-0.3, -0.25) is 0 Å². The van der Waals surface area contributed by atoms with E-state index in [2.05, 4.69) is 42.3 Å². The number of hydrogen-bond donors (Lipinski definition) is 1. The molecule has 0 radical (unpaired) electrons. The van der Waals surface area contributed by atoms with Gasteiger partial charge in [0.25, 0.3) is 0 Å². The number of aromatic nitrogens is 4. The molecule has 3 aromatic heterocycles. The number of pyridine rings is 1. The van der Waals surface area contributed by atoms with Crippen molar-refractivity contribution < 1.29 is 6.22 Å². The first kappa shape index (κ1) is 22.9. The minimum absolute atomic E-state index is 0. The summed E-state index contributed by atoms with van der Waals surface area (Å²) in [5.74, 6) is 0.682. The summed E-state index contributed by atoms with van der Waals surface area (Å²) in [6, 6.07) is 20.1. The maximum atomic E-state index is 13.2. The van der Waals surface area contributed by atoms with Crippen molar-refractivity contribution in [3.05, 3.63) is 102 Å². The Morgan fingerprint density at radius 3 is 2.84 bits per heavy atom. The lowest BCUT2D eigenvalue weighted by Gasteiger charge is -2.30. The van der Waals surface area contributed by atoms with Crippen LogP contribution in [0.3, 0.4) is 0 Å². The number of amides is 2. The van der Waals surface area contributed by atoms with E-state index in [9.17, 15) is 4.79 Å². The van der Waals surface area contributed by atoms with E-state index in [0.717, 1.165) is 51.4 Å². The van der Waals surface area contributed by atoms with E-state index >= 15 is 0 Å². The van der Waals surface area contributed by atoms with Gasteiger partial charge in [0.1, 0.15) is 5.65 Å². The average molecular weight is 491 g/mol. The van der Waals surface area contributed by atoms with E-state index in [1.807, 2.05) is 64.2 Å². The Bertz CT molecular complexity index is 1630. The standard InChI is InChI=1S/C30H28N6O.H2/c1-3-21-8-6-9-23(17-21)32-30(37)36-15-13-26-25(19-36)28(24-10-5-4-7-20(24)2)34-29(33-26)22-11-12-27-31-14-16-35(27)18-22;/h4-12,14,16-18H,3,13,15,19H2,1-2H3,(H,32,37);1H. The van der Waals surface area contributed by atoms with E-state index in [-0.39, 0.29) is 7.46 Å². The van der Waals surface area contributed by atoms with E-state index in [1.54, 1.807) is 6.20 Å². The van der Waals surface area contributed by atoms with Crippen LogP contribution < -0.4 is 5.32 Å². The fraction of sp³-hybridized carbons (Fsp3) is 0.200. The Labute approximate surface area is 217 Å². The van der Waals surface area contributed by atoms with Crippen LogP contribution in [0.4, 0.5) is 10.5 Å². The number of urea groups is 1. The molecular weight excluding hydrogens is 460 g/mol. The van der Waals surface area contributed by atoms with Crippen LogP contribution in [0, 0.1) is 6.92 Å². The molecule has 2 amide bonds. The maximum Gasteiger partial charge on any atom is 0.322 e.